The van der Waals surface area contributed by atoms with Crippen LogP contribution in [0.4, 0.5) is 0 Å². The number of hydrogen-bond acceptors (Lipinski definition) is 3. The average Bonchev–Trinajstić information content (AvgIpc) is 2.49. The van der Waals surface area contributed by atoms with Gasteiger partial charge in [0.1, 0.15) is 6.54 Å². The molecule has 2 rings (SSSR count). The van der Waals surface area contributed by atoms with Gasteiger partial charge in [-0.25, -0.2) is 0 Å². The van der Waals surface area contributed by atoms with Gasteiger partial charge >= 0.3 is 5.17 Å². The molecule has 1 aliphatic heterocycles. The highest BCUT2D eigenvalue weighted by molar-refractivity contribution is 8.13. The molecule has 0 amide bonds. The van der Waals surface area contributed by atoms with E-state index in [-0.39, 0.29) is 0 Å². The first-order valence-electron chi connectivity index (χ1n) is 4.13. The number of benzene rings is 1. The van der Waals surface area contributed by atoms with Crippen LogP contribution >= 0.6 is 11.8 Å². The third kappa shape index (κ3) is 1.62. The number of hydrazone groups is 1. The van der Waals surface area contributed by atoms with E-state index in [1.807, 2.05) is 18.2 Å². The first-order chi connectivity index (χ1) is 6.27. The van der Waals surface area contributed by atoms with Crippen LogP contribution in [0.3, 0.4) is 0 Å². The van der Waals surface area contributed by atoms with Gasteiger partial charge in [0.2, 0.25) is 0 Å². The molecule has 4 N–H and O–H groups in total. The summed E-state index contributed by atoms with van der Waals surface area (Å²) in [5.41, 5.74) is 6.97. The number of amidine groups is 1. The van der Waals surface area contributed by atoms with Crippen LogP contribution in [0.1, 0.15) is 10.8 Å². The molecule has 1 heterocycles. The lowest BCUT2D eigenvalue weighted by atomic mass is 10.1. The molecule has 1 unspecified atom stereocenters. The van der Waals surface area contributed by atoms with Gasteiger partial charge in [-0.05, 0) is 17.3 Å². The number of nitrogens with two attached hydrogens (primary N) is 2. The molecule has 0 spiro atoms. The molecular formula is C9H12N3S+. The molecule has 0 saturated carbocycles. The predicted molar refractivity (Wildman–Crippen MR) is 55.3 cm³/mol. The van der Waals surface area contributed by atoms with Crippen LogP contribution in [0, 0.1) is 0 Å². The average molecular weight is 194 g/mol. The summed E-state index contributed by atoms with van der Waals surface area (Å²) in [4.78, 5) is 0. The van der Waals surface area contributed by atoms with E-state index in [9.17, 15) is 0 Å². The Balaban J connectivity index is 2.16. The smallest absolute Gasteiger partial charge is 0.280 e. The predicted octanol–water partition coefficient (Wildman–Crippen LogP) is 0.675. The van der Waals surface area contributed by atoms with Crippen LogP contribution in [0.15, 0.2) is 30.3 Å². The Labute approximate surface area is 81.4 Å². The molecule has 1 aromatic rings. The molecule has 1 atom stereocenters. The molecule has 0 fully saturated rings. The molecule has 1 aliphatic rings. The standard InChI is InChI=1S/C9H11N3S/c10-9-12(11)6-8(13-9)7-4-2-1-3-5-7/h1-5,8,10H,6,11H2/p+1. The van der Waals surface area contributed by atoms with Crippen molar-refractivity contribution in [2.45, 2.75) is 5.25 Å². The van der Waals surface area contributed by atoms with Gasteiger partial charge in [0.05, 0.1) is 5.25 Å². The van der Waals surface area contributed by atoms with Crippen molar-refractivity contribution < 1.29 is 4.68 Å². The normalized spacial score (nSPS) is 22.3. The second kappa shape index (κ2) is 3.30. The second-order valence-corrected chi connectivity index (χ2v) is 4.23. The van der Waals surface area contributed by atoms with Crippen molar-refractivity contribution in [3.8, 4) is 0 Å². The summed E-state index contributed by atoms with van der Waals surface area (Å²) < 4.78 is 1.60. The summed E-state index contributed by atoms with van der Waals surface area (Å²) >= 11 is 1.62. The van der Waals surface area contributed by atoms with Crippen molar-refractivity contribution in [3.63, 3.8) is 0 Å². The zero-order valence-electron chi connectivity index (χ0n) is 7.18. The van der Waals surface area contributed by atoms with E-state index < -0.39 is 0 Å². The Hall–Kier alpha value is -1.16. The van der Waals surface area contributed by atoms with Crippen molar-refractivity contribution in [1.82, 2.24) is 0 Å². The number of thioether (sulfide) groups is 1. The van der Waals surface area contributed by atoms with E-state index in [4.69, 9.17) is 11.6 Å². The summed E-state index contributed by atoms with van der Waals surface area (Å²) in [5.74, 6) is 5.66. The van der Waals surface area contributed by atoms with Crippen LogP contribution in [0.5, 0.6) is 0 Å². The van der Waals surface area contributed by atoms with Crippen molar-refractivity contribution in [1.29, 1.82) is 0 Å². The third-order valence-corrected chi connectivity index (χ3v) is 3.26. The van der Waals surface area contributed by atoms with E-state index in [0.717, 1.165) is 6.54 Å². The van der Waals surface area contributed by atoms with Crippen molar-refractivity contribution in [2.75, 3.05) is 6.54 Å². The molecule has 3 nitrogen and oxygen atoms in total. The lowest BCUT2D eigenvalue weighted by Gasteiger charge is -2.04. The SMILES string of the molecule is NC1=[N+](N)CC(c2ccccc2)S1. The van der Waals surface area contributed by atoms with E-state index >= 15 is 0 Å². The van der Waals surface area contributed by atoms with E-state index in [1.165, 1.54) is 5.56 Å². The number of hydrazine groups is 1. The maximum Gasteiger partial charge on any atom is 0.327 e. The van der Waals surface area contributed by atoms with E-state index in [2.05, 4.69) is 12.1 Å². The molecule has 0 saturated heterocycles. The summed E-state index contributed by atoms with van der Waals surface area (Å²) in [6.45, 7) is 0.792. The van der Waals surface area contributed by atoms with Gasteiger partial charge < -0.3 is 0 Å². The molecule has 4 heteroatoms. The van der Waals surface area contributed by atoms with Crippen LogP contribution in [-0.4, -0.2) is 16.4 Å². The largest absolute Gasteiger partial charge is 0.327 e. The quantitative estimate of drug-likeness (QED) is 0.510. The fourth-order valence-corrected chi connectivity index (χ4v) is 2.39. The maximum absolute atomic E-state index is 5.69. The van der Waals surface area contributed by atoms with E-state index in [1.54, 1.807) is 16.4 Å². The van der Waals surface area contributed by atoms with Crippen molar-refractivity contribution in [2.24, 2.45) is 11.6 Å². The molecule has 0 aliphatic carbocycles. The first-order valence-corrected chi connectivity index (χ1v) is 5.01. The molecule has 0 bridgehead atoms. The highest BCUT2D eigenvalue weighted by Crippen LogP contribution is 2.31. The topological polar surface area (TPSA) is 55.0 Å². The molecule has 0 aromatic heterocycles. The maximum atomic E-state index is 5.69. The zero-order valence-corrected chi connectivity index (χ0v) is 8.00. The molecule has 13 heavy (non-hydrogen) atoms. The van der Waals surface area contributed by atoms with Gasteiger partial charge in [-0.1, -0.05) is 30.3 Å². The first kappa shape index (κ1) is 8.44. The highest BCUT2D eigenvalue weighted by atomic mass is 32.2. The molecule has 68 valence electrons. The molecule has 0 radical (unpaired) electrons. The Morgan fingerprint density at radius 2 is 2.00 bits per heavy atom. The number of rotatable bonds is 1. The number of nitrogens with zero attached hydrogens (tertiary/aromatic N) is 1. The van der Waals surface area contributed by atoms with Crippen molar-refractivity contribution in [3.05, 3.63) is 35.9 Å². The van der Waals surface area contributed by atoms with Gasteiger partial charge in [0.25, 0.3) is 0 Å². The van der Waals surface area contributed by atoms with Gasteiger partial charge in [0, 0.05) is 0 Å². The van der Waals surface area contributed by atoms with Crippen molar-refractivity contribution >= 4 is 16.9 Å². The summed E-state index contributed by atoms with van der Waals surface area (Å²) in [6, 6.07) is 10.3. The Morgan fingerprint density at radius 3 is 2.54 bits per heavy atom. The monoisotopic (exact) mass is 194 g/mol. The molecular weight excluding hydrogens is 182 g/mol. The molecule has 1 aromatic carbocycles. The fourth-order valence-electron chi connectivity index (χ4n) is 1.36. The van der Waals surface area contributed by atoms with E-state index in [0.29, 0.717) is 10.4 Å². The highest BCUT2D eigenvalue weighted by Gasteiger charge is 2.27. The van der Waals surface area contributed by atoms with Crippen LogP contribution in [0.2, 0.25) is 0 Å². The van der Waals surface area contributed by atoms with Crippen LogP contribution < -0.4 is 11.6 Å². The zero-order chi connectivity index (χ0) is 9.26. The van der Waals surface area contributed by atoms with Gasteiger partial charge in [-0.2, -0.15) is 4.68 Å². The second-order valence-electron chi connectivity index (χ2n) is 3.01. The van der Waals surface area contributed by atoms with Gasteiger partial charge in [0.15, 0.2) is 0 Å². The Morgan fingerprint density at radius 1 is 1.31 bits per heavy atom. The lowest BCUT2D eigenvalue weighted by Crippen LogP contribution is -2.26. The van der Waals surface area contributed by atoms with Crippen LogP contribution in [0.25, 0.3) is 0 Å². The Kier molecular flexibility index (Phi) is 2.14. The minimum atomic E-state index is 0.381. The van der Waals surface area contributed by atoms with Gasteiger partial charge in [-0.3, -0.25) is 11.6 Å². The minimum Gasteiger partial charge on any atom is -0.280 e. The third-order valence-electron chi connectivity index (χ3n) is 2.08. The summed E-state index contributed by atoms with van der Waals surface area (Å²) in [5, 5.41) is 1.08. The minimum absolute atomic E-state index is 0.381. The Bertz CT molecular complexity index is 320. The summed E-state index contributed by atoms with van der Waals surface area (Å²) in [6.07, 6.45) is 0. The number of hydrogen-bond donors (Lipinski definition) is 2. The lowest BCUT2D eigenvalue weighted by molar-refractivity contribution is -0.534. The van der Waals surface area contributed by atoms with Crippen LogP contribution in [-0.2, 0) is 0 Å². The fraction of sp³-hybridized carbons (Fsp3) is 0.222. The van der Waals surface area contributed by atoms with Gasteiger partial charge in [-0.15, -0.1) is 0 Å². The summed E-state index contributed by atoms with van der Waals surface area (Å²) in [7, 11) is 0.